The summed E-state index contributed by atoms with van der Waals surface area (Å²) in [6.45, 7) is 5.34. The first-order chi connectivity index (χ1) is 13.3. The molecule has 1 aromatic heterocycles. The van der Waals surface area contributed by atoms with E-state index in [9.17, 15) is 14.0 Å². The van der Waals surface area contributed by atoms with Gasteiger partial charge in [0.25, 0.3) is 5.91 Å². The monoisotopic (exact) mass is 406 g/mol. The van der Waals surface area contributed by atoms with Crippen molar-refractivity contribution in [2.75, 3.05) is 19.6 Å². The molecule has 1 N–H and O–H groups in total. The van der Waals surface area contributed by atoms with Crippen LogP contribution < -0.4 is 5.32 Å². The van der Waals surface area contributed by atoms with Crippen molar-refractivity contribution in [1.29, 1.82) is 0 Å². The zero-order valence-electron chi connectivity index (χ0n) is 16.2. The molecule has 3 rings (SSSR count). The number of likely N-dealkylation sites (tertiary alicyclic amines) is 1. The maximum absolute atomic E-state index is 14.7. The first kappa shape index (κ1) is 20.3. The molecule has 1 aliphatic heterocycles. The molecule has 0 unspecified atom stereocenters. The number of hydrogen-bond acceptors (Lipinski definition) is 3. The molecular weight excluding hydrogens is 383 g/mol. The van der Waals surface area contributed by atoms with E-state index in [0.29, 0.717) is 28.4 Å². The smallest absolute Gasteiger partial charge is 0.254 e. The molecule has 0 atom stereocenters. The number of nitrogens with one attached hydrogen (secondary N) is 1. The Morgan fingerprint density at radius 2 is 2.00 bits per heavy atom. The maximum atomic E-state index is 14.7. The molecule has 0 radical (unpaired) electrons. The van der Waals surface area contributed by atoms with E-state index in [1.165, 1.54) is 11.1 Å². The normalized spacial score (nSPS) is 15.4. The van der Waals surface area contributed by atoms with Crippen LogP contribution >= 0.6 is 11.6 Å². The zero-order valence-corrected chi connectivity index (χ0v) is 17.0. The minimum absolute atomic E-state index is 0.00378. The van der Waals surface area contributed by atoms with Gasteiger partial charge in [-0.2, -0.15) is 5.10 Å². The number of aromatic nitrogens is 2. The second-order valence-electron chi connectivity index (χ2n) is 7.40. The molecule has 2 aromatic rings. The standard InChI is InChI=1S/C20H24ClFN4O2/c1-4-16-14(9-24-26(16)17-8-6-5-7-15(17)21)18(27)23-10-20(22)11-25(12-20)19(28)13(2)3/h5-9,13H,4,10-12H2,1-3H3,(H,23,27). The lowest BCUT2D eigenvalue weighted by Gasteiger charge is -2.45. The Hall–Kier alpha value is -2.41. The minimum atomic E-state index is -1.59. The van der Waals surface area contributed by atoms with E-state index in [0.717, 1.165) is 0 Å². The number of para-hydroxylation sites is 1. The van der Waals surface area contributed by atoms with E-state index in [1.807, 2.05) is 25.1 Å². The second-order valence-corrected chi connectivity index (χ2v) is 7.81. The van der Waals surface area contributed by atoms with Crippen molar-refractivity contribution in [3.63, 3.8) is 0 Å². The highest BCUT2D eigenvalue weighted by Gasteiger charge is 2.46. The Labute approximate surface area is 168 Å². The average Bonchev–Trinajstić information content (AvgIpc) is 3.07. The number of carbonyl (C=O) groups excluding carboxylic acids is 2. The first-order valence-electron chi connectivity index (χ1n) is 9.33. The van der Waals surface area contributed by atoms with Gasteiger partial charge in [0, 0.05) is 5.92 Å². The van der Waals surface area contributed by atoms with Gasteiger partial charge in [0.1, 0.15) is 0 Å². The third-order valence-electron chi connectivity index (χ3n) is 4.85. The Morgan fingerprint density at radius 3 is 2.61 bits per heavy atom. The highest BCUT2D eigenvalue weighted by Crippen LogP contribution is 2.27. The van der Waals surface area contributed by atoms with Crippen LogP contribution in [0.15, 0.2) is 30.5 Å². The van der Waals surface area contributed by atoms with Crippen molar-refractivity contribution in [2.45, 2.75) is 32.9 Å². The van der Waals surface area contributed by atoms with Gasteiger partial charge in [-0.3, -0.25) is 9.59 Å². The average molecular weight is 407 g/mol. The highest BCUT2D eigenvalue weighted by molar-refractivity contribution is 6.32. The summed E-state index contributed by atoms with van der Waals surface area (Å²) in [5.41, 5.74) is 0.179. The minimum Gasteiger partial charge on any atom is -0.349 e. The van der Waals surface area contributed by atoms with Crippen LogP contribution in [0.3, 0.4) is 0 Å². The summed E-state index contributed by atoms with van der Waals surface area (Å²) in [6.07, 6.45) is 2.03. The summed E-state index contributed by atoms with van der Waals surface area (Å²) >= 11 is 6.24. The van der Waals surface area contributed by atoms with Crippen LogP contribution in [0.25, 0.3) is 5.69 Å². The SMILES string of the molecule is CCc1c(C(=O)NCC2(F)CN(C(=O)C(C)C)C2)cnn1-c1ccccc1Cl. The number of hydrogen-bond donors (Lipinski definition) is 1. The second kappa shape index (κ2) is 7.91. The summed E-state index contributed by atoms with van der Waals surface area (Å²) in [5, 5.41) is 7.47. The predicted octanol–water partition coefficient (Wildman–Crippen LogP) is 3.02. The van der Waals surface area contributed by atoms with Crippen molar-refractivity contribution in [3.8, 4) is 5.69 Å². The largest absolute Gasteiger partial charge is 0.349 e. The fourth-order valence-electron chi connectivity index (χ4n) is 3.34. The molecule has 2 amide bonds. The van der Waals surface area contributed by atoms with Crippen molar-refractivity contribution in [3.05, 3.63) is 46.7 Å². The molecule has 1 aliphatic rings. The third kappa shape index (κ3) is 3.90. The van der Waals surface area contributed by atoms with E-state index >= 15 is 0 Å². The molecule has 2 heterocycles. The van der Waals surface area contributed by atoms with Gasteiger partial charge in [-0.1, -0.05) is 44.5 Å². The number of halogens is 2. The molecule has 1 aromatic carbocycles. The Morgan fingerprint density at radius 1 is 1.32 bits per heavy atom. The molecular formula is C20H24ClFN4O2. The highest BCUT2D eigenvalue weighted by atomic mass is 35.5. The number of alkyl halides is 1. The summed E-state index contributed by atoms with van der Waals surface area (Å²) in [5.74, 6) is -0.628. The number of amides is 2. The molecule has 0 bridgehead atoms. The first-order valence-corrected chi connectivity index (χ1v) is 9.71. The number of carbonyl (C=O) groups is 2. The Balaban J connectivity index is 1.68. The van der Waals surface area contributed by atoms with Crippen LogP contribution in [0.1, 0.15) is 36.8 Å². The van der Waals surface area contributed by atoms with Crippen LogP contribution in [-0.2, 0) is 11.2 Å². The van der Waals surface area contributed by atoms with Gasteiger partial charge in [-0.25, -0.2) is 9.07 Å². The molecule has 150 valence electrons. The maximum Gasteiger partial charge on any atom is 0.254 e. The lowest BCUT2D eigenvalue weighted by Crippen LogP contribution is -2.65. The molecule has 1 saturated heterocycles. The van der Waals surface area contributed by atoms with Crippen LogP contribution in [0.5, 0.6) is 0 Å². The molecule has 8 heteroatoms. The van der Waals surface area contributed by atoms with Crippen LogP contribution in [0.2, 0.25) is 5.02 Å². The van der Waals surface area contributed by atoms with Crippen molar-refractivity contribution < 1.29 is 14.0 Å². The van der Waals surface area contributed by atoms with Gasteiger partial charge in [0.05, 0.1) is 47.8 Å². The van der Waals surface area contributed by atoms with E-state index in [2.05, 4.69) is 10.4 Å². The lowest BCUT2D eigenvalue weighted by atomic mass is 9.94. The molecule has 6 nitrogen and oxygen atoms in total. The van der Waals surface area contributed by atoms with E-state index in [4.69, 9.17) is 11.6 Å². The lowest BCUT2D eigenvalue weighted by molar-refractivity contribution is -0.148. The van der Waals surface area contributed by atoms with E-state index in [-0.39, 0.29) is 37.4 Å². The summed E-state index contributed by atoms with van der Waals surface area (Å²) in [7, 11) is 0. The number of rotatable bonds is 6. The van der Waals surface area contributed by atoms with Crippen LogP contribution in [0.4, 0.5) is 4.39 Å². The van der Waals surface area contributed by atoms with Crippen molar-refractivity contribution in [2.24, 2.45) is 5.92 Å². The third-order valence-corrected chi connectivity index (χ3v) is 5.17. The van der Waals surface area contributed by atoms with Crippen LogP contribution in [-0.4, -0.2) is 51.8 Å². The number of nitrogens with zero attached hydrogens (tertiary/aromatic N) is 3. The molecule has 28 heavy (non-hydrogen) atoms. The molecule has 0 saturated carbocycles. The van der Waals surface area contributed by atoms with Crippen LogP contribution in [0, 0.1) is 5.92 Å². The Kier molecular flexibility index (Phi) is 5.74. The molecule has 1 fully saturated rings. The van der Waals surface area contributed by atoms with Gasteiger partial charge < -0.3 is 10.2 Å². The Bertz CT molecular complexity index is 890. The molecule has 0 spiro atoms. The van der Waals surface area contributed by atoms with Gasteiger partial charge in [-0.05, 0) is 18.6 Å². The van der Waals surface area contributed by atoms with E-state index in [1.54, 1.807) is 24.6 Å². The van der Waals surface area contributed by atoms with Gasteiger partial charge in [-0.15, -0.1) is 0 Å². The fraction of sp³-hybridized carbons (Fsp3) is 0.450. The van der Waals surface area contributed by atoms with Crippen molar-refractivity contribution >= 4 is 23.4 Å². The number of benzene rings is 1. The topological polar surface area (TPSA) is 67.2 Å². The van der Waals surface area contributed by atoms with Gasteiger partial charge in [0.15, 0.2) is 5.67 Å². The van der Waals surface area contributed by atoms with Gasteiger partial charge >= 0.3 is 0 Å². The van der Waals surface area contributed by atoms with Gasteiger partial charge in [0.2, 0.25) is 5.91 Å². The summed E-state index contributed by atoms with van der Waals surface area (Å²) in [4.78, 5) is 26.0. The van der Waals surface area contributed by atoms with Crippen molar-refractivity contribution in [1.82, 2.24) is 20.0 Å². The fourth-order valence-corrected chi connectivity index (χ4v) is 3.56. The summed E-state index contributed by atoms with van der Waals surface area (Å²) < 4.78 is 16.3. The predicted molar refractivity (Wildman–Crippen MR) is 106 cm³/mol. The van der Waals surface area contributed by atoms with E-state index < -0.39 is 5.67 Å². The summed E-state index contributed by atoms with van der Waals surface area (Å²) in [6, 6.07) is 7.24. The molecule has 0 aliphatic carbocycles. The quantitative estimate of drug-likeness (QED) is 0.801. The zero-order chi connectivity index (χ0) is 20.5.